The molecule has 0 radical (unpaired) electrons. The van der Waals surface area contributed by atoms with E-state index in [9.17, 15) is 4.39 Å². The van der Waals surface area contributed by atoms with Crippen molar-refractivity contribution in [1.82, 2.24) is 4.98 Å². The van der Waals surface area contributed by atoms with Crippen LogP contribution in [0.3, 0.4) is 0 Å². The van der Waals surface area contributed by atoms with Crippen molar-refractivity contribution in [1.29, 1.82) is 0 Å². The predicted octanol–water partition coefficient (Wildman–Crippen LogP) is 2.55. The third-order valence-electron chi connectivity index (χ3n) is 3.84. The molecule has 3 nitrogen and oxygen atoms in total. The van der Waals surface area contributed by atoms with Crippen LogP contribution in [0.2, 0.25) is 0 Å². The van der Waals surface area contributed by atoms with E-state index in [-0.39, 0.29) is 5.82 Å². The van der Waals surface area contributed by atoms with E-state index < -0.39 is 0 Å². The topological polar surface area (TPSA) is 42.2 Å². The molecule has 2 N–H and O–H groups in total. The fourth-order valence-corrected chi connectivity index (χ4v) is 2.57. The molecule has 0 amide bonds. The molecule has 4 heteroatoms. The average molecular weight is 251 g/mol. The molecule has 1 unspecified atom stereocenters. The van der Waals surface area contributed by atoms with Crippen LogP contribution in [0, 0.1) is 17.2 Å². The van der Waals surface area contributed by atoms with Gasteiger partial charge >= 0.3 is 0 Å². The Labute approximate surface area is 108 Å². The van der Waals surface area contributed by atoms with Crippen LogP contribution >= 0.6 is 0 Å². The van der Waals surface area contributed by atoms with E-state index >= 15 is 0 Å². The summed E-state index contributed by atoms with van der Waals surface area (Å²) in [5.74, 6) is 1.19. The maximum atomic E-state index is 13.2. The molecule has 100 valence electrons. The van der Waals surface area contributed by atoms with Crippen molar-refractivity contribution in [2.45, 2.75) is 33.7 Å². The molecule has 2 rings (SSSR count). The van der Waals surface area contributed by atoms with E-state index in [1.54, 1.807) is 0 Å². The van der Waals surface area contributed by atoms with E-state index in [0.29, 0.717) is 17.9 Å². The van der Waals surface area contributed by atoms with Gasteiger partial charge in [0.2, 0.25) is 0 Å². The van der Waals surface area contributed by atoms with E-state index in [1.165, 1.54) is 12.3 Å². The zero-order valence-corrected chi connectivity index (χ0v) is 11.4. The van der Waals surface area contributed by atoms with Gasteiger partial charge in [-0.25, -0.2) is 9.37 Å². The van der Waals surface area contributed by atoms with Crippen LogP contribution in [0.4, 0.5) is 10.2 Å². The van der Waals surface area contributed by atoms with Crippen LogP contribution in [-0.4, -0.2) is 18.1 Å². The molecule has 1 saturated heterocycles. The summed E-state index contributed by atoms with van der Waals surface area (Å²) in [7, 11) is 0. The quantitative estimate of drug-likeness (QED) is 0.878. The molecule has 1 aliphatic rings. The number of anilines is 1. The van der Waals surface area contributed by atoms with Gasteiger partial charge < -0.3 is 10.6 Å². The smallest absolute Gasteiger partial charge is 0.141 e. The van der Waals surface area contributed by atoms with E-state index in [1.807, 2.05) is 0 Å². The summed E-state index contributed by atoms with van der Waals surface area (Å²) in [5, 5.41) is 0. The summed E-state index contributed by atoms with van der Waals surface area (Å²) >= 11 is 0. The molecule has 1 atom stereocenters. The average Bonchev–Trinajstić information content (AvgIpc) is 2.77. The van der Waals surface area contributed by atoms with Crippen LogP contribution in [0.25, 0.3) is 0 Å². The number of aromatic nitrogens is 1. The molecule has 1 aromatic rings. The highest BCUT2D eigenvalue weighted by atomic mass is 19.1. The normalized spacial score (nSPS) is 20.5. The van der Waals surface area contributed by atoms with Crippen molar-refractivity contribution in [2.24, 2.45) is 17.1 Å². The number of halogens is 1. The molecule has 2 heterocycles. The summed E-state index contributed by atoms with van der Waals surface area (Å²) in [4.78, 5) is 6.45. The number of nitrogens with two attached hydrogens (primary N) is 1. The Morgan fingerprint density at radius 3 is 2.78 bits per heavy atom. The van der Waals surface area contributed by atoms with Gasteiger partial charge in [0.15, 0.2) is 0 Å². The Balaban J connectivity index is 2.19. The first-order chi connectivity index (χ1) is 8.41. The lowest BCUT2D eigenvalue weighted by atomic mass is 9.80. The van der Waals surface area contributed by atoms with E-state index in [2.05, 4.69) is 30.7 Å². The standard InChI is InChI=1S/C14H22FN3/c1-14(2,3)11-4-5-18(9-11)13-10(7-16)6-12(15)8-17-13/h6,8,11H,4-5,7,9,16H2,1-3H3. The summed E-state index contributed by atoms with van der Waals surface area (Å²) in [6, 6.07) is 1.49. The van der Waals surface area contributed by atoms with Crippen molar-refractivity contribution in [3.8, 4) is 0 Å². The van der Waals surface area contributed by atoms with Crippen LogP contribution < -0.4 is 10.6 Å². The molecule has 0 spiro atoms. The molecule has 1 aliphatic heterocycles. The van der Waals surface area contributed by atoms with Gasteiger partial charge in [-0.05, 0) is 23.8 Å². The Bertz CT molecular complexity index is 426. The molecule has 18 heavy (non-hydrogen) atoms. The number of hydrogen-bond donors (Lipinski definition) is 1. The highest BCUT2D eigenvalue weighted by Gasteiger charge is 2.32. The van der Waals surface area contributed by atoms with Crippen molar-refractivity contribution in [3.63, 3.8) is 0 Å². The van der Waals surface area contributed by atoms with Gasteiger partial charge in [0.25, 0.3) is 0 Å². The fourth-order valence-electron chi connectivity index (χ4n) is 2.57. The molecule has 1 aromatic heterocycles. The molecule has 0 aliphatic carbocycles. The highest BCUT2D eigenvalue weighted by molar-refractivity contribution is 5.47. The number of rotatable bonds is 2. The first kappa shape index (κ1) is 13.3. The summed E-state index contributed by atoms with van der Waals surface area (Å²) in [6.07, 6.45) is 2.44. The lowest BCUT2D eigenvalue weighted by molar-refractivity contribution is 0.263. The second kappa shape index (κ2) is 4.84. The molecule has 1 fully saturated rings. The minimum Gasteiger partial charge on any atom is -0.356 e. The maximum absolute atomic E-state index is 13.2. The Hall–Kier alpha value is -1.16. The van der Waals surface area contributed by atoms with Crippen LogP contribution in [0.5, 0.6) is 0 Å². The van der Waals surface area contributed by atoms with Crippen molar-refractivity contribution in [2.75, 3.05) is 18.0 Å². The first-order valence-electron chi connectivity index (χ1n) is 6.51. The van der Waals surface area contributed by atoms with Gasteiger partial charge in [-0.2, -0.15) is 0 Å². The molecular weight excluding hydrogens is 229 g/mol. The van der Waals surface area contributed by atoms with Gasteiger partial charge in [-0.1, -0.05) is 20.8 Å². The fraction of sp³-hybridized carbons (Fsp3) is 0.643. The Morgan fingerprint density at radius 1 is 1.50 bits per heavy atom. The molecular formula is C14H22FN3. The van der Waals surface area contributed by atoms with Crippen LogP contribution in [-0.2, 0) is 6.54 Å². The van der Waals surface area contributed by atoms with Gasteiger partial charge in [0.05, 0.1) is 6.20 Å². The highest BCUT2D eigenvalue weighted by Crippen LogP contribution is 2.35. The Morgan fingerprint density at radius 2 is 2.22 bits per heavy atom. The summed E-state index contributed by atoms with van der Waals surface area (Å²) in [6.45, 7) is 9.09. The molecule has 0 saturated carbocycles. The SMILES string of the molecule is CC(C)(C)C1CCN(c2ncc(F)cc2CN)C1. The van der Waals surface area contributed by atoms with Gasteiger partial charge in [0, 0.05) is 25.2 Å². The molecule has 0 aromatic carbocycles. The predicted molar refractivity (Wildman–Crippen MR) is 71.9 cm³/mol. The number of pyridine rings is 1. The summed E-state index contributed by atoms with van der Waals surface area (Å²) < 4.78 is 13.2. The number of nitrogens with zero attached hydrogens (tertiary/aromatic N) is 2. The van der Waals surface area contributed by atoms with E-state index in [0.717, 1.165) is 30.9 Å². The monoisotopic (exact) mass is 251 g/mol. The van der Waals surface area contributed by atoms with Crippen LogP contribution in [0.1, 0.15) is 32.8 Å². The third kappa shape index (κ3) is 2.64. The van der Waals surface area contributed by atoms with E-state index in [4.69, 9.17) is 5.73 Å². The van der Waals surface area contributed by atoms with Gasteiger partial charge in [-0.3, -0.25) is 0 Å². The number of hydrogen-bond acceptors (Lipinski definition) is 3. The first-order valence-corrected chi connectivity index (χ1v) is 6.51. The third-order valence-corrected chi connectivity index (χ3v) is 3.84. The second-order valence-electron chi connectivity index (χ2n) is 6.14. The lowest BCUT2D eigenvalue weighted by Gasteiger charge is -2.27. The Kier molecular flexibility index (Phi) is 3.57. The molecule has 0 bridgehead atoms. The minimum atomic E-state index is -0.314. The van der Waals surface area contributed by atoms with Gasteiger partial charge in [-0.15, -0.1) is 0 Å². The second-order valence-corrected chi connectivity index (χ2v) is 6.14. The van der Waals surface area contributed by atoms with Crippen molar-refractivity contribution in [3.05, 3.63) is 23.6 Å². The minimum absolute atomic E-state index is 0.303. The zero-order chi connectivity index (χ0) is 13.3. The lowest BCUT2D eigenvalue weighted by Crippen LogP contribution is -2.27. The summed E-state index contributed by atoms with van der Waals surface area (Å²) in [5.41, 5.74) is 6.77. The largest absolute Gasteiger partial charge is 0.356 e. The van der Waals surface area contributed by atoms with Crippen molar-refractivity contribution < 1.29 is 4.39 Å². The van der Waals surface area contributed by atoms with Crippen molar-refractivity contribution >= 4 is 5.82 Å². The maximum Gasteiger partial charge on any atom is 0.141 e. The zero-order valence-electron chi connectivity index (χ0n) is 11.4. The van der Waals surface area contributed by atoms with Crippen LogP contribution in [0.15, 0.2) is 12.3 Å². The van der Waals surface area contributed by atoms with Gasteiger partial charge in [0.1, 0.15) is 11.6 Å².